The molecule has 13 heteroatoms. The molecule has 0 heterocycles. The fourth-order valence-corrected chi connectivity index (χ4v) is 3.34. The van der Waals surface area contributed by atoms with Crippen LogP contribution in [0.5, 0.6) is 0 Å². The summed E-state index contributed by atoms with van der Waals surface area (Å²) in [4.78, 5) is 35.2. The molecule has 9 nitrogen and oxygen atoms in total. The van der Waals surface area contributed by atoms with Gasteiger partial charge >= 0.3 is 5.97 Å². The molecule has 0 saturated heterocycles. The van der Waals surface area contributed by atoms with Crippen molar-refractivity contribution in [3.05, 3.63) is 61.6 Å². The van der Waals surface area contributed by atoms with E-state index in [1.165, 1.54) is 19.1 Å². The van der Waals surface area contributed by atoms with Crippen LogP contribution in [0.3, 0.4) is 0 Å². The number of carbonyl (C=O) groups is 2. The van der Waals surface area contributed by atoms with Crippen LogP contribution >= 0.6 is 44.9 Å². The second kappa shape index (κ2) is 15.6. The first-order valence-electron chi connectivity index (χ1n) is 9.44. The average Bonchev–Trinajstić information content (AvgIpc) is 2.80. The predicted molar refractivity (Wildman–Crippen MR) is 136 cm³/mol. The predicted octanol–water partition coefficient (Wildman–Crippen LogP) is 5.71. The fraction of sp³-hybridized carbons (Fsp3) is 0.333. The highest BCUT2D eigenvalue weighted by Gasteiger charge is 2.29. The third-order valence-electron chi connectivity index (χ3n) is 4.42. The maximum Gasteiger partial charge on any atom is 0.328 e. The summed E-state index contributed by atoms with van der Waals surface area (Å²) in [5.74, 6) is -0.736. The van der Waals surface area contributed by atoms with Gasteiger partial charge in [0.05, 0.1) is 33.5 Å². The zero-order chi connectivity index (χ0) is 26.6. The Hall–Kier alpha value is -2.30. The van der Waals surface area contributed by atoms with Crippen LogP contribution in [0.1, 0.15) is 18.1 Å². The van der Waals surface area contributed by atoms with E-state index in [0.717, 1.165) is 28.9 Å². The highest BCUT2D eigenvalue weighted by molar-refractivity contribution is 6.85. The smallest absolute Gasteiger partial charge is 0.328 e. The molecular formula is C21H25Cl4N3O6. The van der Waals surface area contributed by atoms with Gasteiger partial charge < -0.3 is 15.2 Å². The van der Waals surface area contributed by atoms with Crippen LogP contribution in [0.15, 0.2) is 30.3 Å². The Labute approximate surface area is 217 Å². The third-order valence-corrected chi connectivity index (χ3v) is 5.05. The molecule has 188 valence electrons. The minimum atomic E-state index is -0.706. The second-order valence-electron chi connectivity index (χ2n) is 6.72. The van der Waals surface area contributed by atoms with E-state index in [-0.39, 0.29) is 33.9 Å². The van der Waals surface area contributed by atoms with Gasteiger partial charge in [0.2, 0.25) is 0 Å². The average molecular weight is 557 g/mol. The van der Waals surface area contributed by atoms with Crippen molar-refractivity contribution in [3.8, 4) is 0 Å². The molecule has 0 aliphatic carbocycles. The lowest BCUT2D eigenvalue weighted by molar-refractivity contribution is -0.384. The number of anilines is 2. The Morgan fingerprint density at radius 2 is 1.59 bits per heavy atom. The first kappa shape index (κ1) is 31.7. The van der Waals surface area contributed by atoms with Crippen LogP contribution in [-0.4, -0.2) is 43.7 Å². The largest absolute Gasteiger partial charge is 0.467 e. The Morgan fingerprint density at radius 3 is 1.97 bits per heavy atom. The van der Waals surface area contributed by atoms with Crippen molar-refractivity contribution in [1.29, 1.82) is 0 Å². The summed E-state index contributed by atoms with van der Waals surface area (Å²) in [5, 5.41) is 10.4. The van der Waals surface area contributed by atoms with E-state index in [0.29, 0.717) is 0 Å². The third kappa shape index (κ3) is 8.81. The summed E-state index contributed by atoms with van der Waals surface area (Å²) in [7, 11) is 11.0. The number of hydrogen-bond donors (Lipinski definition) is 1. The maximum atomic E-state index is 12.3. The van der Waals surface area contributed by atoms with Crippen LogP contribution in [0, 0.1) is 24.0 Å². The minimum Gasteiger partial charge on any atom is -0.467 e. The van der Waals surface area contributed by atoms with Crippen molar-refractivity contribution in [2.75, 3.05) is 31.5 Å². The lowest BCUT2D eigenvalue weighted by Crippen LogP contribution is -2.46. The molecule has 0 fully saturated rings. The van der Waals surface area contributed by atoms with E-state index in [1.807, 2.05) is 32.0 Å². The van der Waals surface area contributed by atoms with E-state index >= 15 is 0 Å². The minimum absolute atomic E-state index is 0.0882. The van der Waals surface area contributed by atoms with Crippen molar-refractivity contribution in [1.82, 2.24) is 0 Å². The van der Waals surface area contributed by atoms with Gasteiger partial charge in [-0.1, -0.05) is 41.4 Å². The molecule has 2 rings (SSSR count). The number of nitro benzene ring substituents is 1. The Kier molecular flexibility index (Phi) is 14.5. The number of para-hydroxylation sites is 1. The van der Waals surface area contributed by atoms with Gasteiger partial charge in [-0.25, -0.2) is 4.79 Å². The number of benzene rings is 2. The topological polar surface area (TPSA) is 125 Å². The quantitative estimate of drug-likeness (QED) is 0.209. The first-order chi connectivity index (χ1) is 16.0. The zero-order valence-electron chi connectivity index (χ0n) is 19.1. The van der Waals surface area contributed by atoms with Crippen LogP contribution < -0.4 is 10.6 Å². The number of nitrogen functional groups attached to an aromatic ring is 1. The van der Waals surface area contributed by atoms with Crippen molar-refractivity contribution in [3.63, 3.8) is 0 Å². The van der Waals surface area contributed by atoms with Gasteiger partial charge in [-0.3, -0.25) is 19.8 Å². The molecule has 0 aliphatic heterocycles. The molecule has 0 spiro atoms. The number of ether oxygens (including phenoxy) is 2. The van der Waals surface area contributed by atoms with Crippen LogP contribution in [0.25, 0.3) is 0 Å². The molecule has 0 aromatic heterocycles. The summed E-state index contributed by atoms with van der Waals surface area (Å²) >= 11 is 11.1. The standard InChI is InChI=1S/C15H21NO4.C6H4Cl2N2O2.Cl2/c1-10-7-6-8-11(2)14(10)16(13(17)9-19-4)12(3)15(18)20-5;7-4-1-3(10(11)12)2-5(8)6(4)9;1-2/h6-8,12H,9H2,1-5H3;1-2H,9H2;/t12-;;/m0../s1. The number of nitrogens with two attached hydrogens (primary N) is 1. The SMILES string of the molecule is COCC(=O)N(c1c(C)cccc1C)[C@@H](C)C(=O)OC.ClCl.Nc1c(Cl)cc([N+](=O)[O-])cc1Cl. The number of halogens is 4. The Balaban J connectivity index is 0.000000662. The zero-order valence-corrected chi connectivity index (χ0v) is 22.1. The molecule has 0 radical (unpaired) electrons. The number of nitrogens with zero attached hydrogens (tertiary/aromatic N) is 2. The van der Waals surface area contributed by atoms with Gasteiger partial charge in [-0.15, -0.1) is 0 Å². The van der Waals surface area contributed by atoms with Gasteiger partial charge in [0.15, 0.2) is 0 Å². The summed E-state index contributed by atoms with van der Waals surface area (Å²) < 4.78 is 9.65. The second-order valence-corrected chi connectivity index (χ2v) is 7.53. The van der Waals surface area contributed by atoms with Crippen LogP contribution in [0.2, 0.25) is 10.0 Å². The number of aryl methyl sites for hydroxylation is 2. The number of methoxy groups -OCH3 is 2. The Bertz CT molecular complexity index is 963. The molecule has 0 aliphatic rings. The maximum absolute atomic E-state index is 12.3. The lowest BCUT2D eigenvalue weighted by Gasteiger charge is -2.30. The lowest BCUT2D eigenvalue weighted by atomic mass is 10.1. The normalized spacial score (nSPS) is 10.6. The Morgan fingerprint density at radius 1 is 1.12 bits per heavy atom. The van der Waals surface area contributed by atoms with Crippen molar-refractivity contribution in [2.24, 2.45) is 0 Å². The van der Waals surface area contributed by atoms with Gasteiger partial charge in [-0.05, 0) is 31.9 Å². The van der Waals surface area contributed by atoms with E-state index in [1.54, 1.807) is 6.92 Å². The van der Waals surface area contributed by atoms with E-state index in [4.69, 9.17) is 38.4 Å². The summed E-state index contributed by atoms with van der Waals surface area (Å²) in [6, 6.07) is 7.32. The monoisotopic (exact) mass is 555 g/mol. The highest BCUT2D eigenvalue weighted by atomic mass is 36.5. The van der Waals surface area contributed by atoms with Crippen LogP contribution in [-0.2, 0) is 19.1 Å². The molecule has 1 atom stereocenters. The van der Waals surface area contributed by atoms with E-state index < -0.39 is 16.9 Å². The number of hydrogen-bond acceptors (Lipinski definition) is 7. The summed E-state index contributed by atoms with van der Waals surface area (Å²) in [5.41, 5.74) is 7.93. The molecular weight excluding hydrogens is 532 g/mol. The van der Waals surface area contributed by atoms with Crippen molar-refractivity contribution >= 4 is 73.9 Å². The number of rotatable bonds is 6. The van der Waals surface area contributed by atoms with E-state index in [2.05, 4.69) is 21.7 Å². The van der Waals surface area contributed by atoms with Crippen molar-refractivity contribution < 1.29 is 24.0 Å². The molecule has 2 aromatic carbocycles. The van der Waals surface area contributed by atoms with Gasteiger partial charge in [0, 0.05) is 41.0 Å². The molecule has 34 heavy (non-hydrogen) atoms. The fourth-order valence-electron chi connectivity index (χ4n) is 2.87. The highest BCUT2D eigenvalue weighted by Crippen LogP contribution is 2.32. The number of non-ortho nitro benzene ring substituents is 1. The van der Waals surface area contributed by atoms with E-state index in [9.17, 15) is 19.7 Å². The molecule has 0 unspecified atom stereocenters. The first-order valence-corrected chi connectivity index (χ1v) is 11.3. The summed E-state index contributed by atoms with van der Waals surface area (Å²) in [6.07, 6.45) is 0. The number of nitro groups is 1. The van der Waals surface area contributed by atoms with Crippen molar-refractivity contribution in [2.45, 2.75) is 26.8 Å². The summed E-state index contributed by atoms with van der Waals surface area (Å²) in [6.45, 7) is 5.36. The molecule has 2 N–H and O–H groups in total. The molecule has 1 amide bonds. The number of carbonyl (C=O) groups excluding carboxylic acids is 2. The van der Waals surface area contributed by atoms with Gasteiger partial charge in [0.1, 0.15) is 12.6 Å². The molecule has 2 aromatic rings. The van der Waals surface area contributed by atoms with Gasteiger partial charge in [0.25, 0.3) is 11.6 Å². The molecule has 0 bridgehead atoms. The molecule has 0 saturated carbocycles. The number of amides is 1. The van der Waals surface area contributed by atoms with Crippen LogP contribution in [0.4, 0.5) is 17.1 Å². The number of esters is 1. The van der Waals surface area contributed by atoms with Gasteiger partial charge in [-0.2, -0.15) is 0 Å².